The SMILES string of the molecule is O=C(O)C1=CC(=CC=NCCc2ccccc2)CCN1. The van der Waals surface area contributed by atoms with E-state index in [-0.39, 0.29) is 5.70 Å². The summed E-state index contributed by atoms with van der Waals surface area (Å²) in [6.07, 6.45) is 7.04. The van der Waals surface area contributed by atoms with E-state index in [0.29, 0.717) is 6.54 Å². The summed E-state index contributed by atoms with van der Waals surface area (Å²) in [6, 6.07) is 10.2. The van der Waals surface area contributed by atoms with E-state index < -0.39 is 5.97 Å². The second-order valence-electron chi connectivity index (χ2n) is 4.57. The van der Waals surface area contributed by atoms with Gasteiger partial charge in [-0.1, -0.05) is 30.3 Å². The standard InChI is InChI=1S/C16H18N2O2/c19-16(20)15-12-14(8-11-18-15)7-10-17-9-6-13-4-2-1-3-5-13/h1-5,7,10,12,18H,6,8-9,11H2,(H,19,20). The fourth-order valence-corrected chi connectivity index (χ4v) is 1.98. The molecule has 20 heavy (non-hydrogen) atoms. The van der Waals surface area contributed by atoms with Crippen LogP contribution in [0.1, 0.15) is 12.0 Å². The first-order valence-electron chi connectivity index (χ1n) is 6.67. The molecule has 1 aliphatic rings. The first-order chi connectivity index (χ1) is 9.75. The summed E-state index contributed by atoms with van der Waals surface area (Å²) in [5.41, 5.74) is 2.51. The van der Waals surface area contributed by atoms with Gasteiger partial charge in [0.25, 0.3) is 0 Å². The fraction of sp³-hybridized carbons (Fsp3) is 0.250. The molecule has 0 amide bonds. The highest BCUT2D eigenvalue weighted by Crippen LogP contribution is 2.10. The maximum absolute atomic E-state index is 10.8. The average Bonchev–Trinajstić information content (AvgIpc) is 2.48. The molecule has 0 unspecified atom stereocenters. The minimum absolute atomic E-state index is 0.250. The molecule has 104 valence electrons. The largest absolute Gasteiger partial charge is 0.477 e. The van der Waals surface area contributed by atoms with Gasteiger partial charge in [-0.15, -0.1) is 0 Å². The quantitative estimate of drug-likeness (QED) is 0.806. The third-order valence-electron chi connectivity index (χ3n) is 3.06. The Hall–Kier alpha value is -2.36. The summed E-state index contributed by atoms with van der Waals surface area (Å²) in [7, 11) is 0. The number of hydrogen-bond donors (Lipinski definition) is 2. The Bertz CT molecular complexity index is 545. The van der Waals surface area contributed by atoms with Crippen LogP contribution in [0.25, 0.3) is 0 Å². The molecule has 4 nitrogen and oxygen atoms in total. The predicted octanol–water partition coefficient (Wildman–Crippen LogP) is 2.19. The molecule has 1 heterocycles. The van der Waals surface area contributed by atoms with E-state index in [9.17, 15) is 4.79 Å². The van der Waals surface area contributed by atoms with Gasteiger partial charge in [0.1, 0.15) is 5.70 Å². The predicted molar refractivity (Wildman–Crippen MR) is 79.9 cm³/mol. The highest BCUT2D eigenvalue weighted by atomic mass is 16.4. The maximum atomic E-state index is 10.8. The smallest absolute Gasteiger partial charge is 0.351 e. The molecule has 0 fully saturated rings. The van der Waals surface area contributed by atoms with Crippen LogP contribution < -0.4 is 5.32 Å². The van der Waals surface area contributed by atoms with Crippen molar-refractivity contribution in [2.75, 3.05) is 13.1 Å². The van der Waals surface area contributed by atoms with Crippen LogP contribution in [0.5, 0.6) is 0 Å². The lowest BCUT2D eigenvalue weighted by Crippen LogP contribution is -2.25. The molecule has 0 aliphatic carbocycles. The second-order valence-corrected chi connectivity index (χ2v) is 4.57. The highest BCUT2D eigenvalue weighted by molar-refractivity contribution is 5.87. The zero-order chi connectivity index (χ0) is 14.2. The van der Waals surface area contributed by atoms with Crippen molar-refractivity contribution < 1.29 is 9.90 Å². The Morgan fingerprint density at radius 2 is 2.15 bits per heavy atom. The van der Waals surface area contributed by atoms with Crippen molar-refractivity contribution in [1.29, 1.82) is 0 Å². The molecule has 0 spiro atoms. The Morgan fingerprint density at radius 3 is 2.90 bits per heavy atom. The zero-order valence-electron chi connectivity index (χ0n) is 11.2. The van der Waals surface area contributed by atoms with Gasteiger partial charge < -0.3 is 10.4 Å². The number of hydrogen-bond acceptors (Lipinski definition) is 3. The minimum Gasteiger partial charge on any atom is -0.477 e. The topological polar surface area (TPSA) is 61.7 Å². The summed E-state index contributed by atoms with van der Waals surface area (Å²) in [6.45, 7) is 1.39. The number of carboxylic acid groups (broad SMARTS) is 1. The maximum Gasteiger partial charge on any atom is 0.351 e. The van der Waals surface area contributed by atoms with Crippen molar-refractivity contribution in [3.63, 3.8) is 0 Å². The molecule has 0 saturated heterocycles. The molecule has 0 radical (unpaired) electrons. The number of aliphatic carboxylic acids is 1. The zero-order valence-corrected chi connectivity index (χ0v) is 11.2. The molecule has 4 heteroatoms. The third-order valence-corrected chi connectivity index (χ3v) is 3.06. The van der Waals surface area contributed by atoms with Crippen LogP contribution >= 0.6 is 0 Å². The van der Waals surface area contributed by atoms with Gasteiger partial charge in [-0.3, -0.25) is 4.99 Å². The first-order valence-corrected chi connectivity index (χ1v) is 6.67. The lowest BCUT2D eigenvalue weighted by Gasteiger charge is -2.13. The molecule has 1 aliphatic heterocycles. The van der Waals surface area contributed by atoms with Crippen LogP contribution in [-0.4, -0.2) is 30.4 Å². The van der Waals surface area contributed by atoms with Gasteiger partial charge in [-0.05, 0) is 36.1 Å². The Balaban J connectivity index is 1.84. The number of rotatable bonds is 5. The van der Waals surface area contributed by atoms with Crippen LogP contribution in [0, 0.1) is 0 Å². The van der Waals surface area contributed by atoms with Gasteiger partial charge in [-0.25, -0.2) is 4.79 Å². The van der Waals surface area contributed by atoms with Gasteiger partial charge in [0.2, 0.25) is 0 Å². The molecule has 0 atom stereocenters. The fourth-order valence-electron chi connectivity index (χ4n) is 1.98. The highest BCUT2D eigenvalue weighted by Gasteiger charge is 2.11. The normalized spacial score (nSPS) is 17.0. The number of nitrogens with zero attached hydrogens (tertiary/aromatic N) is 1. The Morgan fingerprint density at radius 1 is 1.35 bits per heavy atom. The van der Waals surface area contributed by atoms with Crippen molar-refractivity contribution in [3.8, 4) is 0 Å². The molecular weight excluding hydrogens is 252 g/mol. The van der Waals surface area contributed by atoms with Crippen molar-refractivity contribution >= 4 is 12.2 Å². The van der Waals surface area contributed by atoms with Gasteiger partial charge in [-0.2, -0.15) is 0 Å². The van der Waals surface area contributed by atoms with E-state index in [2.05, 4.69) is 22.4 Å². The molecule has 2 N–H and O–H groups in total. The van der Waals surface area contributed by atoms with Crippen molar-refractivity contribution in [3.05, 3.63) is 59.3 Å². The Labute approximate surface area is 118 Å². The summed E-state index contributed by atoms with van der Waals surface area (Å²) in [5.74, 6) is -0.920. The van der Waals surface area contributed by atoms with Crippen LogP contribution in [-0.2, 0) is 11.2 Å². The number of carbonyl (C=O) groups is 1. The molecule has 0 aromatic heterocycles. The molecule has 2 rings (SSSR count). The molecule has 0 bridgehead atoms. The second kappa shape index (κ2) is 7.28. The monoisotopic (exact) mass is 270 g/mol. The van der Waals surface area contributed by atoms with Gasteiger partial charge in [0, 0.05) is 19.3 Å². The van der Waals surface area contributed by atoms with E-state index in [1.54, 1.807) is 12.3 Å². The summed E-state index contributed by atoms with van der Waals surface area (Å²) in [4.78, 5) is 15.2. The molecule has 1 aromatic rings. The van der Waals surface area contributed by atoms with Crippen LogP contribution in [0.3, 0.4) is 0 Å². The number of benzene rings is 1. The number of carboxylic acids is 1. The number of allylic oxidation sites excluding steroid dienone is 2. The van der Waals surface area contributed by atoms with E-state index >= 15 is 0 Å². The Kier molecular flexibility index (Phi) is 5.12. The van der Waals surface area contributed by atoms with Crippen LogP contribution in [0.2, 0.25) is 0 Å². The number of nitrogens with one attached hydrogen (secondary N) is 1. The molecular formula is C16H18N2O2. The lowest BCUT2D eigenvalue weighted by molar-refractivity contribution is -0.133. The van der Waals surface area contributed by atoms with E-state index in [0.717, 1.165) is 25.0 Å². The van der Waals surface area contributed by atoms with Crippen LogP contribution in [0.15, 0.2) is 58.7 Å². The first kappa shape index (κ1) is 14.1. The van der Waals surface area contributed by atoms with Crippen molar-refractivity contribution in [1.82, 2.24) is 5.32 Å². The van der Waals surface area contributed by atoms with E-state index in [1.165, 1.54) is 5.56 Å². The van der Waals surface area contributed by atoms with Gasteiger partial charge in [0.15, 0.2) is 0 Å². The minimum atomic E-state index is -0.920. The molecule has 1 aromatic carbocycles. The summed E-state index contributed by atoms with van der Waals surface area (Å²) >= 11 is 0. The van der Waals surface area contributed by atoms with Crippen molar-refractivity contribution in [2.45, 2.75) is 12.8 Å². The van der Waals surface area contributed by atoms with E-state index in [1.807, 2.05) is 24.3 Å². The summed E-state index contributed by atoms with van der Waals surface area (Å²) < 4.78 is 0. The van der Waals surface area contributed by atoms with Gasteiger partial charge >= 0.3 is 5.97 Å². The van der Waals surface area contributed by atoms with Gasteiger partial charge in [0.05, 0.1) is 0 Å². The average molecular weight is 270 g/mol. The van der Waals surface area contributed by atoms with Crippen LogP contribution in [0.4, 0.5) is 0 Å². The summed E-state index contributed by atoms with van der Waals surface area (Å²) in [5, 5.41) is 11.7. The number of aliphatic imine (C=N–C) groups is 1. The van der Waals surface area contributed by atoms with Crippen molar-refractivity contribution in [2.24, 2.45) is 4.99 Å². The van der Waals surface area contributed by atoms with E-state index in [4.69, 9.17) is 5.11 Å². The lowest BCUT2D eigenvalue weighted by atomic mass is 10.1. The molecule has 0 saturated carbocycles. The third kappa shape index (κ3) is 4.39.